The van der Waals surface area contributed by atoms with Crippen molar-refractivity contribution >= 4 is 9.04 Å². The van der Waals surface area contributed by atoms with E-state index in [2.05, 4.69) is 18.7 Å². The summed E-state index contributed by atoms with van der Waals surface area (Å²) in [4.78, 5) is 9.30. The summed E-state index contributed by atoms with van der Waals surface area (Å²) in [5.74, 6) is 0. The van der Waals surface area contributed by atoms with E-state index in [0.29, 0.717) is 0 Å². The summed E-state index contributed by atoms with van der Waals surface area (Å²) < 4.78 is 0. The van der Waals surface area contributed by atoms with Crippen LogP contribution in [0.15, 0.2) is 42.6 Å². The van der Waals surface area contributed by atoms with Gasteiger partial charge in [-0.05, 0) is 18.0 Å². The molecule has 0 amide bonds. The monoisotopic (exact) mass is 177 g/mol. The lowest BCUT2D eigenvalue weighted by atomic mass is 10.2. The van der Waals surface area contributed by atoms with E-state index in [-0.39, 0.29) is 0 Å². The lowest BCUT2D eigenvalue weighted by molar-refractivity contribution is 0.581. The molecule has 0 saturated carbocycles. The zero-order valence-corrected chi connectivity index (χ0v) is 8.03. The van der Waals surface area contributed by atoms with Gasteiger partial charge in [-0.25, -0.2) is 0 Å². The van der Waals surface area contributed by atoms with Crippen molar-refractivity contribution in [2.45, 2.75) is 12.5 Å². The molecule has 0 aliphatic heterocycles. The Morgan fingerprint density at radius 1 is 1.33 bits per heavy atom. The lowest BCUT2D eigenvalue weighted by Crippen LogP contribution is -2.08. The first-order valence-corrected chi connectivity index (χ1v) is 5.77. The van der Waals surface area contributed by atoms with Gasteiger partial charge in [0, 0.05) is 0 Å². The normalized spacial score (nSPS) is 10.2. The number of hydrogen-bond donors (Lipinski definition) is 1. The van der Waals surface area contributed by atoms with Crippen LogP contribution in [0.4, 0.5) is 0 Å². The molecule has 0 atom stereocenters. The minimum atomic E-state index is -1.26. The van der Waals surface area contributed by atoms with Crippen molar-refractivity contribution in [2.75, 3.05) is 0 Å². The quantitative estimate of drug-likeness (QED) is 0.697. The summed E-state index contributed by atoms with van der Waals surface area (Å²) in [6.07, 6.45) is 0.956. The standard InChI is InChI=1S/C10H13OSi/c1-2-12(11)9-8-10-6-4-3-5-7-10/h2-7,11H,1,8-9H2. The molecule has 0 saturated heterocycles. The SMILES string of the molecule is C=C[Si](O)CCc1ccccc1. The topological polar surface area (TPSA) is 20.2 Å². The Labute approximate surface area is 75.1 Å². The van der Waals surface area contributed by atoms with Crippen LogP contribution in [0, 0.1) is 0 Å². The van der Waals surface area contributed by atoms with E-state index in [9.17, 15) is 4.80 Å². The number of benzene rings is 1. The second-order valence-corrected chi connectivity index (χ2v) is 4.57. The number of rotatable bonds is 4. The maximum absolute atomic E-state index is 9.30. The predicted molar refractivity (Wildman–Crippen MR) is 53.1 cm³/mol. The maximum atomic E-state index is 9.30. The molecule has 2 heteroatoms. The van der Waals surface area contributed by atoms with E-state index in [0.717, 1.165) is 12.5 Å². The highest BCUT2D eigenvalue weighted by Gasteiger charge is 2.01. The Hall–Kier alpha value is -0.863. The van der Waals surface area contributed by atoms with Crippen LogP contribution in [0.1, 0.15) is 5.56 Å². The van der Waals surface area contributed by atoms with E-state index in [4.69, 9.17) is 0 Å². The molecule has 1 radical (unpaired) electrons. The molecule has 1 rings (SSSR count). The lowest BCUT2D eigenvalue weighted by Gasteiger charge is -2.01. The molecular weight excluding hydrogens is 164 g/mol. The first-order chi connectivity index (χ1) is 5.83. The van der Waals surface area contributed by atoms with Crippen LogP contribution >= 0.6 is 0 Å². The number of aryl methyl sites for hydroxylation is 1. The molecule has 0 fully saturated rings. The third-order valence-corrected chi connectivity index (χ3v) is 2.98. The van der Waals surface area contributed by atoms with E-state index in [1.807, 2.05) is 18.2 Å². The molecular formula is C10H13OSi. The second kappa shape index (κ2) is 4.90. The van der Waals surface area contributed by atoms with Crippen LogP contribution in [-0.2, 0) is 6.42 Å². The average Bonchev–Trinajstić information content (AvgIpc) is 2.16. The summed E-state index contributed by atoms with van der Waals surface area (Å²) >= 11 is 0. The van der Waals surface area contributed by atoms with Gasteiger partial charge in [0.1, 0.15) is 0 Å². The molecule has 63 valence electrons. The van der Waals surface area contributed by atoms with E-state index in [1.165, 1.54) is 5.56 Å². The van der Waals surface area contributed by atoms with Crippen molar-refractivity contribution in [3.63, 3.8) is 0 Å². The summed E-state index contributed by atoms with van der Waals surface area (Å²) in [6, 6.07) is 11.1. The van der Waals surface area contributed by atoms with Gasteiger partial charge in [-0.3, -0.25) is 0 Å². The van der Waals surface area contributed by atoms with Gasteiger partial charge in [0.2, 0.25) is 9.04 Å². The first kappa shape index (κ1) is 9.23. The zero-order valence-electron chi connectivity index (χ0n) is 7.03. The molecule has 12 heavy (non-hydrogen) atoms. The minimum Gasteiger partial charge on any atom is -0.428 e. The van der Waals surface area contributed by atoms with Crippen molar-refractivity contribution < 1.29 is 4.80 Å². The fourth-order valence-corrected chi connectivity index (χ4v) is 1.77. The summed E-state index contributed by atoms with van der Waals surface area (Å²) in [7, 11) is -1.26. The Kier molecular flexibility index (Phi) is 3.77. The van der Waals surface area contributed by atoms with Crippen LogP contribution in [-0.4, -0.2) is 13.8 Å². The van der Waals surface area contributed by atoms with E-state index < -0.39 is 9.04 Å². The minimum absolute atomic E-state index is 0.859. The highest BCUT2D eigenvalue weighted by molar-refractivity contribution is 6.56. The summed E-state index contributed by atoms with van der Waals surface area (Å²) in [6.45, 7) is 3.57. The molecule has 0 spiro atoms. The van der Waals surface area contributed by atoms with Gasteiger partial charge in [0.15, 0.2) is 0 Å². The molecule has 1 aromatic carbocycles. The third kappa shape index (κ3) is 3.03. The third-order valence-electron chi connectivity index (χ3n) is 1.75. The van der Waals surface area contributed by atoms with Crippen molar-refractivity contribution in [3.05, 3.63) is 48.2 Å². The van der Waals surface area contributed by atoms with Gasteiger partial charge in [-0.2, -0.15) is 0 Å². The van der Waals surface area contributed by atoms with Crippen molar-refractivity contribution in [2.24, 2.45) is 0 Å². The summed E-state index contributed by atoms with van der Waals surface area (Å²) in [5, 5.41) is 0. The molecule has 0 bridgehead atoms. The largest absolute Gasteiger partial charge is 0.428 e. The Bertz CT molecular complexity index is 233. The first-order valence-electron chi connectivity index (χ1n) is 4.04. The van der Waals surface area contributed by atoms with Gasteiger partial charge in [-0.15, -0.1) is 6.58 Å². The molecule has 1 nitrogen and oxygen atoms in total. The van der Waals surface area contributed by atoms with Crippen molar-refractivity contribution in [3.8, 4) is 0 Å². The Morgan fingerprint density at radius 2 is 2.00 bits per heavy atom. The van der Waals surface area contributed by atoms with Gasteiger partial charge >= 0.3 is 0 Å². The van der Waals surface area contributed by atoms with Crippen LogP contribution < -0.4 is 0 Å². The highest BCUT2D eigenvalue weighted by atomic mass is 28.3. The molecule has 0 heterocycles. The predicted octanol–water partition coefficient (Wildman–Crippen LogP) is 1.94. The fraction of sp³-hybridized carbons (Fsp3) is 0.200. The van der Waals surface area contributed by atoms with Crippen LogP contribution in [0.2, 0.25) is 6.04 Å². The zero-order chi connectivity index (χ0) is 8.81. The fourth-order valence-electron chi connectivity index (χ4n) is 1.02. The maximum Gasteiger partial charge on any atom is 0.234 e. The molecule has 0 aliphatic carbocycles. The van der Waals surface area contributed by atoms with Gasteiger partial charge in [0.05, 0.1) is 0 Å². The van der Waals surface area contributed by atoms with Crippen molar-refractivity contribution in [1.29, 1.82) is 0 Å². The van der Waals surface area contributed by atoms with Crippen molar-refractivity contribution in [1.82, 2.24) is 0 Å². The molecule has 1 N–H and O–H groups in total. The van der Waals surface area contributed by atoms with Crippen LogP contribution in [0.5, 0.6) is 0 Å². The Morgan fingerprint density at radius 3 is 2.58 bits per heavy atom. The van der Waals surface area contributed by atoms with Gasteiger partial charge < -0.3 is 4.80 Å². The van der Waals surface area contributed by atoms with E-state index in [1.54, 1.807) is 5.70 Å². The van der Waals surface area contributed by atoms with E-state index >= 15 is 0 Å². The Balaban J connectivity index is 2.38. The van der Waals surface area contributed by atoms with Gasteiger partial charge in [0.25, 0.3) is 0 Å². The molecule has 0 aromatic heterocycles. The van der Waals surface area contributed by atoms with Crippen LogP contribution in [0.3, 0.4) is 0 Å². The number of hydrogen-bond acceptors (Lipinski definition) is 1. The van der Waals surface area contributed by atoms with Gasteiger partial charge in [-0.1, -0.05) is 36.0 Å². The second-order valence-electron chi connectivity index (χ2n) is 2.68. The highest BCUT2D eigenvalue weighted by Crippen LogP contribution is 2.04. The average molecular weight is 177 g/mol. The molecule has 1 aromatic rings. The van der Waals surface area contributed by atoms with Crippen LogP contribution in [0.25, 0.3) is 0 Å². The smallest absolute Gasteiger partial charge is 0.234 e. The molecule has 0 aliphatic rings. The summed E-state index contributed by atoms with van der Waals surface area (Å²) in [5.41, 5.74) is 2.96. The molecule has 0 unspecified atom stereocenters.